The number of rotatable bonds is 6. The third-order valence-corrected chi connectivity index (χ3v) is 7.53. The van der Waals surface area contributed by atoms with Crippen molar-refractivity contribution in [2.75, 3.05) is 38.7 Å². The Morgan fingerprint density at radius 3 is 2.85 bits per heavy atom. The summed E-state index contributed by atoms with van der Waals surface area (Å²) >= 11 is 0. The maximum atomic E-state index is 12.1. The van der Waals surface area contributed by atoms with Crippen LogP contribution in [0.3, 0.4) is 0 Å². The number of carbonyl (C=O) groups is 1. The van der Waals surface area contributed by atoms with Gasteiger partial charge >= 0.3 is 0 Å². The predicted molar refractivity (Wildman–Crippen MR) is 123 cm³/mol. The summed E-state index contributed by atoms with van der Waals surface area (Å²) in [4.78, 5) is 14.5. The molecule has 0 aromatic carbocycles. The van der Waals surface area contributed by atoms with Crippen molar-refractivity contribution in [2.45, 2.75) is 31.7 Å². The summed E-state index contributed by atoms with van der Waals surface area (Å²) in [5.41, 5.74) is 3.16. The predicted octanol–water partition coefficient (Wildman–Crippen LogP) is 2.57. The van der Waals surface area contributed by atoms with Gasteiger partial charge in [-0.15, -0.1) is 0 Å². The molecule has 1 unspecified atom stereocenters. The first-order chi connectivity index (χ1) is 16.0. The van der Waals surface area contributed by atoms with Gasteiger partial charge in [0.1, 0.15) is 12.3 Å². The number of carbonyl (C=O) groups excluding carboxylic acids is 1. The molecule has 1 N–H and O–H groups in total. The molecule has 0 bridgehead atoms. The van der Waals surface area contributed by atoms with E-state index in [1.165, 1.54) is 0 Å². The van der Waals surface area contributed by atoms with Gasteiger partial charge in [0.15, 0.2) is 11.6 Å². The summed E-state index contributed by atoms with van der Waals surface area (Å²) in [5.74, 6) is 1.57. The number of likely N-dealkylation sites (tertiary alicyclic amines) is 1. The number of aromatic nitrogens is 4. The number of hydrogen-bond acceptors (Lipinski definition) is 6. The normalized spacial score (nSPS) is 22.4. The number of aryl methyl sites for hydroxylation is 1. The standard InChI is InChI=1S/C24H30N6O3/c1-28-15-24(6-9-32-10-7-24)20(28)14-33-19-13-25-29(2)22(19)17-5-8-30-18(11-17)12-21(27-30)26-23(31)16-3-4-16/h5,8,11-13,16,20H,3-4,6-7,9-10,14-15H2,1-2H3,(H,26,27,31). The van der Waals surface area contributed by atoms with Crippen LogP contribution in [0.4, 0.5) is 5.82 Å². The lowest BCUT2D eigenvalue weighted by atomic mass is 9.67. The second kappa shape index (κ2) is 7.85. The fourth-order valence-electron chi connectivity index (χ4n) is 5.44. The Morgan fingerprint density at radius 1 is 1.27 bits per heavy atom. The molecule has 2 saturated heterocycles. The van der Waals surface area contributed by atoms with Crippen LogP contribution in [0.5, 0.6) is 5.75 Å². The average molecular weight is 451 g/mol. The topological polar surface area (TPSA) is 85.9 Å². The molecule has 1 spiro atoms. The number of likely N-dealkylation sites (N-methyl/N-ethyl adjacent to an activating group) is 1. The number of amides is 1. The number of fused-ring (bicyclic) bond motifs is 1. The molecule has 6 rings (SSSR count). The van der Waals surface area contributed by atoms with E-state index in [9.17, 15) is 4.79 Å². The van der Waals surface area contributed by atoms with Crippen molar-refractivity contribution in [1.29, 1.82) is 0 Å². The summed E-state index contributed by atoms with van der Waals surface area (Å²) < 4.78 is 15.6. The highest BCUT2D eigenvalue weighted by molar-refractivity contribution is 5.93. The maximum absolute atomic E-state index is 12.1. The smallest absolute Gasteiger partial charge is 0.228 e. The van der Waals surface area contributed by atoms with Crippen LogP contribution < -0.4 is 10.1 Å². The Hall–Kier alpha value is -2.91. The Balaban J connectivity index is 1.21. The number of anilines is 1. The molecule has 1 amide bonds. The molecular weight excluding hydrogens is 420 g/mol. The summed E-state index contributed by atoms with van der Waals surface area (Å²) in [7, 11) is 4.10. The SMILES string of the molecule is CN1CC2(CCOCC2)C1COc1cnn(C)c1-c1ccn2nc(NC(=O)C3CC3)cc2c1. The zero-order valence-corrected chi connectivity index (χ0v) is 19.2. The van der Waals surface area contributed by atoms with Gasteiger partial charge in [0, 0.05) is 56.0 Å². The number of ether oxygens (including phenoxy) is 2. The van der Waals surface area contributed by atoms with Crippen molar-refractivity contribution < 1.29 is 14.3 Å². The highest BCUT2D eigenvalue weighted by Gasteiger charge is 2.51. The zero-order chi connectivity index (χ0) is 22.6. The Labute approximate surface area is 192 Å². The first kappa shape index (κ1) is 20.7. The van der Waals surface area contributed by atoms with Gasteiger partial charge in [-0.05, 0) is 44.9 Å². The molecule has 0 radical (unpaired) electrons. The lowest BCUT2D eigenvalue weighted by Crippen LogP contribution is -2.66. The molecule has 1 saturated carbocycles. The van der Waals surface area contributed by atoms with Crippen LogP contribution in [0.25, 0.3) is 16.8 Å². The molecule has 9 nitrogen and oxygen atoms in total. The second-order valence-corrected chi connectivity index (χ2v) is 9.78. The molecule has 1 aliphatic carbocycles. The minimum absolute atomic E-state index is 0.0595. The van der Waals surface area contributed by atoms with Gasteiger partial charge in [-0.1, -0.05) is 0 Å². The van der Waals surface area contributed by atoms with E-state index in [-0.39, 0.29) is 11.8 Å². The molecule has 1 atom stereocenters. The van der Waals surface area contributed by atoms with Crippen molar-refractivity contribution in [3.63, 3.8) is 0 Å². The van der Waals surface area contributed by atoms with Gasteiger partial charge < -0.3 is 14.8 Å². The average Bonchev–Trinajstić information content (AvgIpc) is 3.49. The summed E-state index contributed by atoms with van der Waals surface area (Å²) in [5, 5.41) is 11.9. The van der Waals surface area contributed by atoms with E-state index in [0.29, 0.717) is 23.9 Å². The van der Waals surface area contributed by atoms with Gasteiger partial charge in [0.05, 0.1) is 17.8 Å². The van der Waals surface area contributed by atoms with Crippen molar-refractivity contribution in [3.05, 3.63) is 30.6 Å². The van der Waals surface area contributed by atoms with Gasteiger partial charge in [0.2, 0.25) is 5.91 Å². The molecule has 5 heterocycles. The summed E-state index contributed by atoms with van der Waals surface area (Å²) in [6.45, 7) is 3.44. The number of pyridine rings is 1. The molecule has 3 aromatic rings. The number of nitrogens with zero attached hydrogens (tertiary/aromatic N) is 5. The second-order valence-electron chi connectivity index (χ2n) is 9.78. The lowest BCUT2D eigenvalue weighted by molar-refractivity contribution is -0.132. The maximum Gasteiger partial charge on any atom is 0.228 e. The number of nitrogens with one attached hydrogen (secondary N) is 1. The minimum Gasteiger partial charge on any atom is -0.488 e. The molecule has 33 heavy (non-hydrogen) atoms. The Morgan fingerprint density at radius 2 is 2.09 bits per heavy atom. The number of hydrogen-bond donors (Lipinski definition) is 1. The fourth-order valence-corrected chi connectivity index (χ4v) is 5.44. The van der Waals surface area contributed by atoms with Crippen LogP contribution in [-0.4, -0.2) is 69.7 Å². The Bertz CT molecular complexity index is 1180. The fraction of sp³-hybridized carbons (Fsp3) is 0.542. The first-order valence-corrected chi connectivity index (χ1v) is 11.8. The minimum atomic E-state index is 0.0595. The summed E-state index contributed by atoms with van der Waals surface area (Å²) in [6, 6.07) is 6.36. The van der Waals surface area contributed by atoms with Crippen LogP contribution in [0, 0.1) is 11.3 Å². The van der Waals surface area contributed by atoms with E-state index < -0.39 is 0 Å². The van der Waals surface area contributed by atoms with E-state index in [0.717, 1.165) is 68.0 Å². The third-order valence-electron chi connectivity index (χ3n) is 7.53. The van der Waals surface area contributed by atoms with Crippen LogP contribution in [0.15, 0.2) is 30.6 Å². The van der Waals surface area contributed by atoms with Crippen molar-refractivity contribution in [2.24, 2.45) is 18.4 Å². The quantitative estimate of drug-likeness (QED) is 0.621. The molecular formula is C24H30N6O3. The van der Waals surface area contributed by atoms with Crippen LogP contribution in [0.2, 0.25) is 0 Å². The van der Waals surface area contributed by atoms with Crippen molar-refractivity contribution >= 4 is 17.2 Å². The molecule has 9 heteroatoms. The van der Waals surface area contributed by atoms with Crippen LogP contribution in [0.1, 0.15) is 25.7 Å². The summed E-state index contributed by atoms with van der Waals surface area (Å²) in [6.07, 6.45) is 7.85. The molecule has 174 valence electrons. The van der Waals surface area contributed by atoms with E-state index in [1.54, 1.807) is 10.7 Å². The Kier molecular flexibility index (Phi) is 4.92. The first-order valence-electron chi connectivity index (χ1n) is 11.8. The van der Waals surface area contributed by atoms with E-state index in [1.807, 2.05) is 30.1 Å². The molecule has 3 aliphatic rings. The van der Waals surface area contributed by atoms with Crippen molar-refractivity contribution in [3.8, 4) is 17.0 Å². The van der Waals surface area contributed by atoms with E-state index in [4.69, 9.17) is 9.47 Å². The van der Waals surface area contributed by atoms with E-state index >= 15 is 0 Å². The molecule has 3 fully saturated rings. The molecule has 3 aromatic heterocycles. The third kappa shape index (κ3) is 3.69. The largest absolute Gasteiger partial charge is 0.488 e. The van der Waals surface area contributed by atoms with Gasteiger partial charge in [-0.25, -0.2) is 4.52 Å². The lowest BCUT2D eigenvalue weighted by Gasteiger charge is -2.57. The van der Waals surface area contributed by atoms with Crippen molar-refractivity contribution in [1.82, 2.24) is 24.3 Å². The van der Waals surface area contributed by atoms with E-state index in [2.05, 4.69) is 33.5 Å². The van der Waals surface area contributed by atoms with Gasteiger partial charge in [-0.2, -0.15) is 10.2 Å². The highest BCUT2D eigenvalue weighted by atomic mass is 16.5. The van der Waals surface area contributed by atoms with Crippen LogP contribution in [-0.2, 0) is 16.6 Å². The van der Waals surface area contributed by atoms with Gasteiger partial charge in [-0.3, -0.25) is 14.4 Å². The highest BCUT2D eigenvalue weighted by Crippen LogP contribution is 2.45. The van der Waals surface area contributed by atoms with Crippen LogP contribution >= 0.6 is 0 Å². The monoisotopic (exact) mass is 450 g/mol. The molecule has 2 aliphatic heterocycles. The van der Waals surface area contributed by atoms with Gasteiger partial charge in [0.25, 0.3) is 0 Å². The zero-order valence-electron chi connectivity index (χ0n) is 19.2.